The maximum atomic E-state index is 12.2. The fourth-order valence-corrected chi connectivity index (χ4v) is 2.86. The van der Waals surface area contributed by atoms with Crippen molar-refractivity contribution in [2.24, 2.45) is 0 Å². The minimum atomic E-state index is 0.213. The Kier molecular flexibility index (Phi) is 4.59. The van der Waals surface area contributed by atoms with Crippen LogP contribution in [-0.4, -0.2) is 31.1 Å². The van der Waals surface area contributed by atoms with Gasteiger partial charge in [-0.25, -0.2) is 0 Å². The first-order valence-electron chi connectivity index (χ1n) is 6.99. The van der Waals surface area contributed by atoms with Crippen molar-refractivity contribution in [2.75, 3.05) is 20.3 Å². The third kappa shape index (κ3) is 2.98. The molecule has 1 atom stereocenters. The van der Waals surface area contributed by atoms with Gasteiger partial charge in [0.15, 0.2) is 0 Å². The summed E-state index contributed by atoms with van der Waals surface area (Å²) in [7, 11) is 1.64. The van der Waals surface area contributed by atoms with Crippen LogP contribution in [0.1, 0.15) is 42.0 Å². The lowest BCUT2D eigenvalue weighted by atomic mass is 9.96. The number of likely N-dealkylation sites (tertiary alicyclic amines) is 1. The number of hydrogen-bond acceptors (Lipinski definition) is 2. The lowest BCUT2D eigenvalue weighted by Crippen LogP contribution is -2.31. The van der Waals surface area contributed by atoms with Gasteiger partial charge in [0.25, 0.3) is 0 Å². The van der Waals surface area contributed by atoms with Crippen molar-refractivity contribution in [1.29, 1.82) is 0 Å². The molecule has 0 aliphatic carbocycles. The van der Waals surface area contributed by atoms with Gasteiger partial charge in [-0.3, -0.25) is 4.79 Å². The molecule has 19 heavy (non-hydrogen) atoms. The van der Waals surface area contributed by atoms with Crippen LogP contribution in [0.4, 0.5) is 0 Å². The smallest absolute Gasteiger partial charge is 0.225 e. The number of aryl methyl sites for hydroxylation is 1. The normalized spacial score (nSPS) is 18.9. The Balaban J connectivity index is 2.18. The monoisotopic (exact) mass is 261 g/mol. The highest BCUT2D eigenvalue weighted by Gasteiger charge is 2.30. The van der Waals surface area contributed by atoms with Crippen molar-refractivity contribution in [3.8, 4) is 0 Å². The molecule has 1 fully saturated rings. The molecule has 2 rings (SSSR count). The van der Waals surface area contributed by atoms with Gasteiger partial charge < -0.3 is 9.64 Å². The van der Waals surface area contributed by atoms with Crippen LogP contribution in [0.25, 0.3) is 0 Å². The molecule has 1 aliphatic rings. The Labute approximate surface area is 115 Å². The van der Waals surface area contributed by atoms with Crippen molar-refractivity contribution in [2.45, 2.75) is 39.2 Å². The summed E-state index contributed by atoms with van der Waals surface area (Å²) < 4.78 is 5.01. The number of hydrogen-bond donors (Lipinski definition) is 0. The van der Waals surface area contributed by atoms with Crippen molar-refractivity contribution in [3.05, 3.63) is 34.9 Å². The van der Waals surface area contributed by atoms with Gasteiger partial charge in [0.1, 0.15) is 0 Å². The zero-order valence-electron chi connectivity index (χ0n) is 12.1. The van der Waals surface area contributed by atoms with Gasteiger partial charge in [-0.05, 0) is 43.4 Å². The number of amides is 1. The average Bonchev–Trinajstić information content (AvgIpc) is 2.88. The molecule has 3 heteroatoms. The van der Waals surface area contributed by atoms with E-state index in [-0.39, 0.29) is 11.9 Å². The summed E-state index contributed by atoms with van der Waals surface area (Å²) in [6.45, 7) is 5.67. The van der Waals surface area contributed by atoms with Crippen molar-refractivity contribution >= 4 is 5.91 Å². The van der Waals surface area contributed by atoms with Gasteiger partial charge in [0.05, 0.1) is 19.1 Å². The van der Waals surface area contributed by atoms with E-state index in [4.69, 9.17) is 4.74 Å². The van der Waals surface area contributed by atoms with E-state index in [0.717, 1.165) is 19.4 Å². The number of carbonyl (C=O) groups is 1. The summed E-state index contributed by atoms with van der Waals surface area (Å²) in [6.07, 6.45) is 2.65. The van der Waals surface area contributed by atoms with Crippen LogP contribution >= 0.6 is 0 Å². The minimum Gasteiger partial charge on any atom is -0.384 e. The third-order valence-corrected chi connectivity index (χ3v) is 4.10. The maximum Gasteiger partial charge on any atom is 0.225 e. The second kappa shape index (κ2) is 6.20. The van der Waals surface area contributed by atoms with Gasteiger partial charge in [-0.15, -0.1) is 0 Å². The second-order valence-corrected chi connectivity index (χ2v) is 5.28. The lowest BCUT2D eigenvalue weighted by molar-refractivity contribution is -0.133. The van der Waals surface area contributed by atoms with Gasteiger partial charge >= 0.3 is 0 Å². The Morgan fingerprint density at radius 3 is 2.95 bits per heavy atom. The Hall–Kier alpha value is -1.35. The SMILES string of the molecule is COCCC(=O)N1CCC[C@H]1c1cccc(C)c1C. The van der Waals surface area contributed by atoms with Crippen LogP contribution < -0.4 is 0 Å². The van der Waals surface area contributed by atoms with E-state index in [0.29, 0.717) is 13.0 Å². The molecule has 104 valence electrons. The first kappa shape index (κ1) is 14.1. The Bertz CT molecular complexity index is 456. The largest absolute Gasteiger partial charge is 0.384 e. The fraction of sp³-hybridized carbons (Fsp3) is 0.562. The molecule has 0 bridgehead atoms. The van der Waals surface area contributed by atoms with Gasteiger partial charge in [0.2, 0.25) is 5.91 Å². The molecule has 0 aromatic heterocycles. The zero-order chi connectivity index (χ0) is 13.8. The van der Waals surface area contributed by atoms with Crippen LogP contribution in [0.15, 0.2) is 18.2 Å². The van der Waals surface area contributed by atoms with Crippen LogP contribution in [0.2, 0.25) is 0 Å². The number of benzene rings is 1. The standard InChI is InChI=1S/C16H23NO2/c1-12-6-4-7-14(13(12)2)15-8-5-10-17(15)16(18)9-11-19-3/h4,6-7,15H,5,8-11H2,1-3H3/t15-/m0/s1. The molecule has 1 aromatic rings. The number of methoxy groups -OCH3 is 1. The number of rotatable bonds is 4. The number of carbonyl (C=O) groups excluding carboxylic acids is 1. The molecule has 0 saturated carbocycles. The summed E-state index contributed by atoms with van der Waals surface area (Å²) in [5.74, 6) is 0.213. The molecule has 1 heterocycles. The van der Waals surface area contributed by atoms with Crippen molar-refractivity contribution in [1.82, 2.24) is 4.90 Å². The van der Waals surface area contributed by atoms with E-state index in [9.17, 15) is 4.79 Å². The average molecular weight is 261 g/mol. The summed E-state index contributed by atoms with van der Waals surface area (Å²) in [5, 5.41) is 0. The van der Waals surface area contributed by atoms with Gasteiger partial charge in [0, 0.05) is 13.7 Å². The van der Waals surface area contributed by atoms with Crippen LogP contribution in [0, 0.1) is 13.8 Å². The Morgan fingerprint density at radius 1 is 1.42 bits per heavy atom. The molecule has 0 radical (unpaired) electrons. The molecule has 1 aromatic carbocycles. The van der Waals surface area contributed by atoms with Crippen LogP contribution in [0.3, 0.4) is 0 Å². The summed E-state index contributed by atoms with van der Waals surface area (Å²) in [4.78, 5) is 14.3. The molecular weight excluding hydrogens is 238 g/mol. The Morgan fingerprint density at radius 2 is 2.21 bits per heavy atom. The topological polar surface area (TPSA) is 29.5 Å². The zero-order valence-corrected chi connectivity index (χ0v) is 12.1. The van der Waals surface area contributed by atoms with E-state index < -0.39 is 0 Å². The molecular formula is C16H23NO2. The lowest BCUT2D eigenvalue weighted by Gasteiger charge is -2.27. The highest BCUT2D eigenvalue weighted by Crippen LogP contribution is 2.34. The molecule has 3 nitrogen and oxygen atoms in total. The second-order valence-electron chi connectivity index (χ2n) is 5.28. The minimum absolute atomic E-state index is 0.213. The maximum absolute atomic E-state index is 12.2. The van der Waals surface area contributed by atoms with Crippen molar-refractivity contribution in [3.63, 3.8) is 0 Å². The highest BCUT2D eigenvalue weighted by atomic mass is 16.5. The molecule has 1 amide bonds. The van der Waals surface area contributed by atoms with E-state index in [1.807, 2.05) is 4.90 Å². The third-order valence-electron chi connectivity index (χ3n) is 4.10. The molecule has 0 N–H and O–H groups in total. The summed E-state index contributed by atoms with van der Waals surface area (Å²) in [5.41, 5.74) is 3.93. The number of ether oxygens (including phenoxy) is 1. The van der Waals surface area contributed by atoms with Gasteiger partial charge in [-0.2, -0.15) is 0 Å². The number of nitrogens with zero attached hydrogens (tertiary/aromatic N) is 1. The van der Waals surface area contributed by atoms with Crippen LogP contribution in [0.5, 0.6) is 0 Å². The summed E-state index contributed by atoms with van der Waals surface area (Å²) >= 11 is 0. The first-order chi connectivity index (χ1) is 9.15. The predicted octanol–water partition coefficient (Wildman–Crippen LogP) is 3.00. The van der Waals surface area contributed by atoms with Gasteiger partial charge in [-0.1, -0.05) is 18.2 Å². The van der Waals surface area contributed by atoms with Crippen molar-refractivity contribution < 1.29 is 9.53 Å². The fourth-order valence-electron chi connectivity index (χ4n) is 2.86. The molecule has 0 spiro atoms. The van der Waals surface area contributed by atoms with Crippen LogP contribution in [-0.2, 0) is 9.53 Å². The molecule has 1 aliphatic heterocycles. The predicted molar refractivity (Wildman–Crippen MR) is 76.1 cm³/mol. The van der Waals surface area contributed by atoms with E-state index in [1.54, 1.807) is 7.11 Å². The van der Waals surface area contributed by atoms with E-state index in [2.05, 4.69) is 32.0 Å². The van der Waals surface area contributed by atoms with E-state index >= 15 is 0 Å². The summed E-state index contributed by atoms with van der Waals surface area (Å²) in [6, 6.07) is 6.64. The highest BCUT2D eigenvalue weighted by molar-refractivity contribution is 5.77. The molecule has 0 unspecified atom stereocenters. The van der Waals surface area contributed by atoms with E-state index in [1.165, 1.54) is 16.7 Å². The first-order valence-corrected chi connectivity index (χ1v) is 6.99. The quantitative estimate of drug-likeness (QED) is 0.834. The molecule has 1 saturated heterocycles.